The zero-order valence-electron chi connectivity index (χ0n) is 16.4. The largest absolute Gasteiger partial charge is 0.368 e. The molecule has 1 unspecified atom stereocenters. The molecule has 1 aliphatic carbocycles. The molecule has 29 heavy (non-hydrogen) atoms. The molecule has 2 aromatic carbocycles. The first-order valence-corrected chi connectivity index (χ1v) is 10.2. The van der Waals surface area contributed by atoms with E-state index in [1.54, 1.807) is 12.1 Å². The fourth-order valence-electron chi connectivity index (χ4n) is 4.73. The molecule has 0 aromatic heterocycles. The Bertz CT molecular complexity index is 911. The molecule has 1 heterocycles. The Kier molecular flexibility index (Phi) is 5.26. The van der Waals surface area contributed by atoms with Crippen molar-refractivity contribution in [3.8, 4) is 0 Å². The number of anilines is 2. The molecule has 0 bridgehead atoms. The van der Waals surface area contributed by atoms with Gasteiger partial charge in [-0.1, -0.05) is 18.2 Å². The van der Waals surface area contributed by atoms with Gasteiger partial charge in [0.15, 0.2) is 0 Å². The topological polar surface area (TPSA) is 75.4 Å². The van der Waals surface area contributed by atoms with Crippen molar-refractivity contribution in [2.24, 2.45) is 11.7 Å². The molecule has 0 saturated heterocycles. The van der Waals surface area contributed by atoms with Crippen LogP contribution in [0.5, 0.6) is 0 Å². The minimum Gasteiger partial charge on any atom is -0.368 e. The maximum Gasteiger partial charge on any atom is 0.236 e. The van der Waals surface area contributed by atoms with Crippen molar-refractivity contribution < 1.29 is 14.0 Å². The minimum absolute atomic E-state index is 0.0946. The quantitative estimate of drug-likeness (QED) is 0.784. The number of hydrogen-bond donors (Lipinski definition) is 2. The molecular weight excluding hydrogens is 369 g/mol. The number of fused-ring (bicyclic) bond motifs is 1. The Balaban J connectivity index is 1.66. The van der Waals surface area contributed by atoms with Crippen molar-refractivity contribution in [3.05, 3.63) is 59.9 Å². The van der Waals surface area contributed by atoms with E-state index in [9.17, 15) is 14.0 Å². The number of primary amides is 1. The Morgan fingerprint density at radius 2 is 1.86 bits per heavy atom. The first-order chi connectivity index (χ1) is 14.0. The van der Waals surface area contributed by atoms with E-state index < -0.39 is 11.4 Å². The van der Waals surface area contributed by atoms with E-state index in [-0.39, 0.29) is 24.7 Å². The summed E-state index contributed by atoms with van der Waals surface area (Å²) in [6.07, 6.45) is 5.06. The summed E-state index contributed by atoms with van der Waals surface area (Å²) in [5.41, 5.74) is 7.95. The predicted octanol–water partition coefficient (Wildman–Crippen LogP) is 3.63. The molecule has 2 aliphatic rings. The highest BCUT2D eigenvalue weighted by Gasteiger charge is 2.51. The summed E-state index contributed by atoms with van der Waals surface area (Å²) < 4.78 is 13.2. The second-order valence-corrected chi connectivity index (χ2v) is 8.14. The number of benzene rings is 2. The molecule has 4 rings (SSSR count). The van der Waals surface area contributed by atoms with E-state index >= 15 is 0 Å². The number of hydrogen-bond acceptors (Lipinski definition) is 3. The molecule has 1 saturated carbocycles. The lowest BCUT2D eigenvalue weighted by Crippen LogP contribution is -2.55. The third-order valence-corrected chi connectivity index (χ3v) is 6.12. The number of nitrogens with zero attached hydrogens (tertiary/aromatic N) is 1. The van der Waals surface area contributed by atoms with Crippen LogP contribution in [0.2, 0.25) is 0 Å². The average Bonchev–Trinajstić information content (AvgIpc) is 3.53. The fraction of sp³-hybridized carbons (Fsp3) is 0.391. The number of carbonyl (C=O) groups excluding carboxylic acids is 2. The molecule has 152 valence electrons. The van der Waals surface area contributed by atoms with Crippen LogP contribution in [0.1, 0.15) is 37.7 Å². The third-order valence-electron chi connectivity index (χ3n) is 6.12. The SMILES string of the molecule is NC(=O)CN1c2ccccc2CCCC1(CC(=O)Nc1ccc(F)cc1)C1CC1. The lowest BCUT2D eigenvalue weighted by atomic mass is 9.82. The zero-order valence-corrected chi connectivity index (χ0v) is 16.4. The molecule has 2 aromatic rings. The van der Waals surface area contributed by atoms with Gasteiger partial charge >= 0.3 is 0 Å². The van der Waals surface area contributed by atoms with Crippen LogP contribution in [-0.2, 0) is 16.0 Å². The molecular formula is C23H26FN3O2. The second kappa shape index (κ2) is 7.85. The summed E-state index contributed by atoms with van der Waals surface area (Å²) in [5, 5.41) is 2.89. The minimum atomic E-state index is -0.439. The van der Waals surface area contributed by atoms with Crippen LogP contribution in [0.4, 0.5) is 15.8 Å². The van der Waals surface area contributed by atoms with Gasteiger partial charge in [-0.15, -0.1) is 0 Å². The molecule has 3 N–H and O–H groups in total. The number of aryl methyl sites for hydroxylation is 1. The summed E-state index contributed by atoms with van der Waals surface area (Å²) in [7, 11) is 0. The van der Waals surface area contributed by atoms with Gasteiger partial charge < -0.3 is 16.0 Å². The van der Waals surface area contributed by atoms with Crippen LogP contribution in [0.3, 0.4) is 0 Å². The first kappa shape index (κ1) is 19.4. The second-order valence-electron chi connectivity index (χ2n) is 8.14. The van der Waals surface area contributed by atoms with Crippen LogP contribution in [0, 0.1) is 11.7 Å². The number of nitrogens with two attached hydrogens (primary N) is 1. The van der Waals surface area contributed by atoms with Gasteiger partial charge in [0.25, 0.3) is 0 Å². The maximum absolute atomic E-state index is 13.2. The van der Waals surface area contributed by atoms with Crippen LogP contribution in [-0.4, -0.2) is 23.9 Å². The van der Waals surface area contributed by atoms with Gasteiger partial charge in [0.2, 0.25) is 11.8 Å². The van der Waals surface area contributed by atoms with E-state index in [0.29, 0.717) is 11.6 Å². The zero-order chi connectivity index (χ0) is 20.4. The predicted molar refractivity (Wildman–Crippen MR) is 111 cm³/mol. The lowest BCUT2D eigenvalue weighted by Gasteiger charge is -2.45. The highest BCUT2D eigenvalue weighted by molar-refractivity contribution is 5.92. The van der Waals surface area contributed by atoms with Crippen LogP contribution >= 0.6 is 0 Å². The van der Waals surface area contributed by atoms with Crippen molar-refractivity contribution in [2.75, 3.05) is 16.8 Å². The molecule has 0 radical (unpaired) electrons. The number of nitrogens with one attached hydrogen (secondary N) is 1. The van der Waals surface area contributed by atoms with Gasteiger partial charge in [0, 0.05) is 11.4 Å². The fourth-order valence-corrected chi connectivity index (χ4v) is 4.73. The van der Waals surface area contributed by atoms with Gasteiger partial charge in [-0.3, -0.25) is 9.59 Å². The Morgan fingerprint density at radius 1 is 1.14 bits per heavy atom. The van der Waals surface area contributed by atoms with E-state index in [0.717, 1.165) is 37.8 Å². The molecule has 0 spiro atoms. The normalized spacial score (nSPS) is 21.2. The summed E-state index contributed by atoms with van der Waals surface area (Å²) in [5.74, 6) is -0.513. The van der Waals surface area contributed by atoms with Gasteiger partial charge in [0.1, 0.15) is 5.82 Å². The number of rotatable bonds is 6. The Morgan fingerprint density at radius 3 is 2.55 bits per heavy atom. The summed E-state index contributed by atoms with van der Waals surface area (Å²) >= 11 is 0. The molecule has 6 heteroatoms. The Labute approximate surface area is 170 Å². The molecule has 1 fully saturated rings. The Hall–Kier alpha value is -2.89. The van der Waals surface area contributed by atoms with Crippen molar-refractivity contribution in [3.63, 3.8) is 0 Å². The van der Waals surface area contributed by atoms with Gasteiger partial charge in [-0.25, -0.2) is 4.39 Å². The van der Waals surface area contributed by atoms with Crippen molar-refractivity contribution in [1.29, 1.82) is 0 Å². The monoisotopic (exact) mass is 395 g/mol. The smallest absolute Gasteiger partial charge is 0.236 e. The van der Waals surface area contributed by atoms with Crippen molar-refractivity contribution in [1.82, 2.24) is 0 Å². The third kappa shape index (κ3) is 4.11. The van der Waals surface area contributed by atoms with E-state index in [1.807, 2.05) is 18.2 Å². The summed E-state index contributed by atoms with van der Waals surface area (Å²) in [6.45, 7) is 0.0946. The standard InChI is InChI=1S/C23H26FN3O2/c24-18-9-11-19(12-10-18)26-22(29)14-23(17-7-8-17)13-3-5-16-4-1-2-6-20(16)27(23)15-21(25)28/h1-2,4,6,9-12,17H,3,5,7-8,13-15H2,(H2,25,28)(H,26,29). The highest BCUT2D eigenvalue weighted by atomic mass is 19.1. The van der Waals surface area contributed by atoms with Gasteiger partial charge in [-0.05, 0) is 73.9 Å². The van der Waals surface area contributed by atoms with Crippen molar-refractivity contribution >= 4 is 23.2 Å². The van der Waals surface area contributed by atoms with E-state index in [4.69, 9.17) is 5.73 Å². The number of para-hydroxylation sites is 1. The number of carbonyl (C=O) groups is 2. The summed E-state index contributed by atoms with van der Waals surface area (Å²) in [6, 6.07) is 13.9. The van der Waals surface area contributed by atoms with Crippen molar-refractivity contribution in [2.45, 2.75) is 44.1 Å². The van der Waals surface area contributed by atoms with E-state index in [1.165, 1.54) is 17.7 Å². The highest BCUT2D eigenvalue weighted by Crippen LogP contribution is 2.51. The van der Waals surface area contributed by atoms with Gasteiger partial charge in [0.05, 0.1) is 18.5 Å². The van der Waals surface area contributed by atoms with Crippen LogP contribution < -0.4 is 16.0 Å². The molecule has 1 aliphatic heterocycles. The first-order valence-electron chi connectivity index (χ1n) is 10.2. The van der Waals surface area contributed by atoms with E-state index in [2.05, 4.69) is 16.3 Å². The molecule has 1 atom stereocenters. The van der Waals surface area contributed by atoms with Crippen LogP contribution in [0.25, 0.3) is 0 Å². The van der Waals surface area contributed by atoms with Gasteiger partial charge in [-0.2, -0.15) is 0 Å². The van der Waals surface area contributed by atoms with Crippen LogP contribution in [0.15, 0.2) is 48.5 Å². The average molecular weight is 395 g/mol. The molecule has 2 amide bonds. The maximum atomic E-state index is 13.2. The number of amides is 2. The summed E-state index contributed by atoms with van der Waals surface area (Å²) in [4.78, 5) is 27.1. The lowest BCUT2D eigenvalue weighted by molar-refractivity contribution is -0.119. The number of halogens is 1. The molecule has 5 nitrogen and oxygen atoms in total.